The topological polar surface area (TPSA) is 63.7 Å². The fourth-order valence-electron chi connectivity index (χ4n) is 3.92. The summed E-state index contributed by atoms with van der Waals surface area (Å²) < 4.78 is 11.7. The van der Waals surface area contributed by atoms with E-state index >= 15 is 0 Å². The van der Waals surface area contributed by atoms with Gasteiger partial charge in [0.15, 0.2) is 0 Å². The fraction of sp³-hybridized carbons (Fsp3) is 0.438. The highest BCUT2D eigenvalue weighted by Crippen LogP contribution is 2.41. The number of benzene rings is 1. The second-order valence-electron chi connectivity index (χ2n) is 10.8. The number of nitrogens with one attached hydrogen (secondary N) is 1. The number of rotatable bonds is 14. The molecule has 0 spiro atoms. The van der Waals surface area contributed by atoms with Crippen molar-refractivity contribution in [2.45, 2.75) is 69.4 Å². The average Bonchev–Trinajstić information content (AvgIpc) is 2.92. The second-order valence-corrected chi connectivity index (χ2v) is 13.7. The molecule has 0 saturated heterocycles. The van der Waals surface area contributed by atoms with Gasteiger partial charge in [-0.2, -0.15) is 0 Å². The maximum Gasteiger partial charge on any atom is 0.407 e. The quantitative estimate of drug-likeness (QED) is 0.187. The molecule has 1 aliphatic heterocycles. The van der Waals surface area contributed by atoms with Crippen molar-refractivity contribution in [3.05, 3.63) is 83.7 Å². The number of allylic oxidation sites excluding steroid dienone is 3. The van der Waals surface area contributed by atoms with Crippen molar-refractivity contribution < 1.29 is 14.3 Å². The monoisotopic (exact) mass is 579 g/mol. The highest BCUT2D eigenvalue weighted by molar-refractivity contribution is 8.77. The molecule has 1 N–H and O–H groups in total. The van der Waals surface area contributed by atoms with Crippen LogP contribution in [0.5, 0.6) is 0 Å². The number of pyridine rings is 1. The molecule has 6 nitrogen and oxygen atoms in total. The van der Waals surface area contributed by atoms with E-state index in [9.17, 15) is 4.79 Å². The van der Waals surface area contributed by atoms with Crippen LogP contribution in [0.2, 0.25) is 0 Å². The highest BCUT2D eigenvalue weighted by Gasteiger charge is 2.24. The summed E-state index contributed by atoms with van der Waals surface area (Å²) in [6.45, 7) is 17.2. The van der Waals surface area contributed by atoms with Crippen molar-refractivity contribution in [1.82, 2.24) is 15.2 Å². The average molecular weight is 580 g/mol. The minimum absolute atomic E-state index is 0.0375. The van der Waals surface area contributed by atoms with E-state index in [2.05, 4.69) is 53.5 Å². The smallest absolute Gasteiger partial charge is 0.407 e. The Kier molecular flexibility index (Phi) is 12.1. The summed E-state index contributed by atoms with van der Waals surface area (Å²) in [4.78, 5) is 19.0. The van der Waals surface area contributed by atoms with Gasteiger partial charge in [0.05, 0.1) is 12.2 Å². The minimum atomic E-state index is -0.419. The van der Waals surface area contributed by atoms with Crippen LogP contribution in [0.1, 0.15) is 58.6 Å². The first-order valence-electron chi connectivity index (χ1n) is 13.6. The molecule has 1 aliphatic rings. The molecule has 0 radical (unpaired) electrons. The third kappa shape index (κ3) is 10.6. The molecule has 1 amide bonds. The predicted molar refractivity (Wildman–Crippen MR) is 167 cm³/mol. The van der Waals surface area contributed by atoms with E-state index in [4.69, 9.17) is 9.47 Å². The third-order valence-corrected chi connectivity index (χ3v) is 9.82. The van der Waals surface area contributed by atoms with Crippen molar-refractivity contribution in [3.63, 3.8) is 0 Å². The van der Waals surface area contributed by atoms with Crippen LogP contribution in [0, 0.1) is 11.8 Å². The SMILES string of the molecule is C=CC1=C(C)N(CCNC(=O)OCCC(C)(C)OCCC(C)(C)SSc2ccccn2)Cc2ccccc2C#C1. The number of carbonyl (C=O) groups is 1. The number of amides is 1. The summed E-state index contributed by atoms with van der Waals surface area (Å²) in [6, 6.07) is 14.1. The Morgan fingerprint density at radius 2 is 1.90 bits per heavy atom. The number of nitrogens with zero attached hydrogens (tertiary/aromatic N) is 2. The van der Waals surface area contributed by atoms with Gasteiger partial charge in [0.25, 0.3) is 0 Å². The van der Waals surface area contributed by atoms with Crippen LogP contribution in [0.3, 0.4) is 0 Å². The Morgan fingerprint density at radius 3 is 2.65 bits per heavy atom. The van der Waals surface area contributed by atoms with E-state index in [1.807, 2.05) is 63.4 Å². The molecule has 0 unspecified atom stereocenters. The van der Waals surface area contributed by atoms with Crippen molar-refractivity contribution in [2.75, 3.05) is 26.3 Å². The van der Waals surface area contributed by atoms with Crippen LogP contribution in [-0.2, 0) is 16.0 Å². The molecule has 0 aliphatic carbocycles. The summed E-state index contributed by atoms with van der Waals surface area (Å²) in [5, 5.41) is 3.89. The summed E-state index contributed by atoms with van der Waals surface area (Å²) in [5.74, 6) is 6.47. The molecule has 8 heteroatoms. The second kappa shape index (κ2) is 15.2. The highest BCUT2D eigenvalue weighted by atomic mass is 33.1. The van der Waals surface area contributed by atoms with Gasteiger partial charge >= 0.3 is 6.09 Å². The van der Waals surface area contributed by atoms with Crippen molar-refractivity contribution in [1.29, 1.82) is 0 Å². The molecule has 0 bridgehead atoms. The molecule has 1 aromatic carbocycles. The molecular formula is C32H41N3O3S2. The number of aromatic nitrogens is 1. The van der Waals surface area contributed by atoms with E-state index in [1.165, 1.54) is 0 Å². The lowest BCUT2D eigenvalue weighted by Crippen LogP contribution is -2.36. The Morgan fingerprint density at radius 1 is 1.12 bits per heavy atom. The maximum atomic E-state index is 12.4. The zero-order valence-corrected chi connectivity index (χ0v) is 25.9. The Labute approximate surface area is 247 Å². The number of carbonyl (C=O) groups excluding carboxylic acids is 1. The van der Waals surface area contributed by atoms with Crippen LogP contribution >= 0.6 is 21.6 Å². The summed E-state index contributed by atoms with van der Waals surface area (Å²) in [5.41, 5.74) is 3.73. The Bertz CT molecular complexity index is 1230. The number of hydrogen-bond acceptors (Lipinski definition) is 7. The van der Waals surface area contributed by atoms with Gasteiger partial charge in [-0.3, -0.25) is 0 Å². The van der Waals surface area contributed by atoms with Gasteiger partial charge in [0, 0.05) is 60.4 Å². The molecule has 0 fully saturated rings. The van der Waals surface area contributed by atoms with Crippen LogP contribution in [0.4, 0.5) is 4.79 Å². The normalized spacial score (nSPS) is 13.5. The lowest BCUT2D eigenvalue weighted by Gasteiger charge is -2.29. The number of alkyl carbamates (subject to hydrolysis) is 1. The predicted octanol–water partition coefficient (Wildman–Crippen LogP) is 7.23. The number of hydrogen-bond donors (Lipinski definition) is 1. The van der Waals surface area contributed by atoms with E-state index in [0.29, 0.717) is 39.3 Å². The van der Waals surface area contributed by atoms with Crippen molar-refractivity contribution in [2.24, 2.45) is 0 Å². The van der Waals surface area contributed by atoms with Gasteiger partial charge < -0.3 is 19.7 Å². The number of ether oxygens (including phenoxy) is 2. The lowest BCUT2D eigenvalue weighted by atomic mass is 10.0. The molecule has 2 aromatic rings. The summed E-state index contributed by atoms with van der Waals surface area (Å²) in [6.07, 6.45) is 4.69. The summed E-state index contributed by atoms with van der Waals surface area (Å²) in [7, 11) is 3.49. The van der Waals surface area contributed by atoms with Gasteiger partial charge in [-0.1, -0.05) is 59.6 Å². The first-order valence-corrected chi connectivity index (χ1v) is 15.7. The van der Waals surface area contributed by atoms with Gasteiger partial charge in [0.2, 0.25) is 0 Å². The first kappa shape index (κ1) is 31.7. The van der Waals surface area contributed by atoms with Gasteiger partial charge in [-0.05, 0) is 75.6 Å². The van der Waals surface area contributed by atoms with Gasteiger partial charge in [-0.15, -0.1) is 0 Å². The largest absolute Gasteiger partial charge is 0.449 e. The van der Waals surface area contributed by atoms with Crippen molar-refractivity contribution >= 4 is 27.7 Å². The van der Waals surface area contributed by atoms with Crippen molar-refractivity contribution in [3.8, 4) is 11.8 Å². The molecule has 3 rings (SSSR count). The first-order chi connectivity index (χ1) is 19.1. The lowest BCUT2D eigenvalue weighted by molar-refractivity contribution is -0.0364. The van der Waals surface area contributed by atoms with E-state index in [-0.39, 0.29) is 4.75 Å². The van der Waals surface area contributed by atoms with Crippen LogP contribution in [0.25, 0.3) is 0 Å². The van der Waals surface area contributed by atoms with E-state index < -0.39 is 11.7 Å². The molecule has 0 atom stereocenters. The van der Waals surface area contributed by atoms with Gasteiger partial charge in [0.1, 0.15) is 5.03 Å². The Hall–Kier alpha value is -2.86. The van der Waals surface area contributed by atoms with Crippen LogP contribution in [0.15, 0.2) is 77.6 Å². The van der Waals surface area contributed by atoms with Crippen LogP contribution in [-0.4, -0.2) is 52.6 Å². The van der Waals surface area contributed by atoms with Gasteiger partial charge in [-0.25, -0.2) is 9.78 Å². The van der Waals surface area contributed by atoms with E-state index in [1.54, 1.807) is 27.7 Å². The third-order valence-electron chi connectivity index (χ3n) is 6.55. The standard InChI is InChI=1S/C32H41N3O3S2/c1-7-26-15-16-27-12-8-9-13-28(27)24-35(25(26)2)21-20-34-30(36)37-22-17-31(3,4)38-23-18-32(5,6)40-39-29-14-10-11-19-33-29/h7-14,19H,1,17-18,20-24H2,2-6H3,(H,34,36). The number of fused-ring (bicyclic) bond motifs is 1. The maximum absolute atomic E-state index is 12.4. The summed E-state index contributed by atoms with van der Waals surface area (Å²) >= 11 is 0. The molecular weight excluding hydrogens is 539 g/mol. The Balaban J connectivity index is 1.36. The minimum Gasteiger partial charge on any atom is -0.449 e. The molecule has 0 saturated carbocycles. The van der Waals surface area contributed by atoms with E-state index in [0.717, 1.165) is 33.8 Å². The molecule has 2 heterocycles. The molecule has 1 aromatic heterocycles. The fourth-order valence-corrected chi connectivity index (χ4v) is 6.11. The molecule has 214 valence electrons. The zero-order valence-electron chi connectivity index (χ0n) is 24.3. The van der Waals surface area contributed by atoms with Crippen LogP contribution < -0.4 is 5.32 Å². The zero-order chi connectivity index (χ0) is 29.0. The molecule has 40 heavy (non-hydrogen) atoms.